The highest BCUT2D eigenvalue weighted by Gasteiger charge is 2.58. The maximum atomic E-state index is 11.6. The molecule has 28 heavy (non-hydrogen) atoms. The molecular weight excluding hydrogens is 384 g/mol. The summed E-state index contributed by atoms with van der Waals surface area (Å²) in [6, 6.07) is -2.38. The van der Waals surface area contributed by atoms with Crippen LogP contribution >= 0.6 is 0 Å². The fourth-order valence-corrected chi connectivity index (χ4v) is 3.20. The molecule has 0 fully saturated rings. The van der Waals surface area contributed by atoms with Crippen LogP contribution in [0.1, 0.15) is 17.4 Å². The third kappa shape index (κ3) is 2.04. The molecule has 0 aromatic heterocycles. The molecule has 1 atom stereocenters. The van der Waals surface area contributed by atoms with Crippen molar-refractivity contribution in [1.29, 1.82) is 0 Å². The summed E-state index contributed by atoms with van der Waals surface area (Å²) in [5.74, 6) is 0. The topological polar surface area (TPSA) is 208 Å². The zero-order valence-electron chi connectivity index (χ0n) is 13.4. The van der Waals surface area contributed by atoms with E-state index in [1.165, 1.54) is 6.08 Å². The second-order valence-corrected chi connectivity index (χ2v) is 5.69. The smallest absolute Gasteiger partial charge is 0.263 e. The average Bonchev–Trinajstić information content (AvgIpc) is 3.15. The van der Waals surface area contributed by atoms with Gasteiger partial charge in [0.2, 0.25) is 5.35 Å². The van der Waals surface area contributed by atoms with Crippen LogP contribution in [0.5, 0.6) is 0 Å². The number of hydrogen-bond acceptors (Lipinski definition) is 10. The molecule has 16 nitrogen and oxygen atoms in total. The number of fused-ring (bicyclic) bond motifs is 5. The van der Waals surface area contributed by atoms with E-state index < -0.39 is 53.9 Å². The molecule has 0 aromatic carbocycles. The zero-order valence-corrected chi connectivity index (χ0v) is 13.4. The Morgan fingerprint density at radius 1 is 0.929 bits per heavy atom. The third-order valence-corrected chi connectivity index (χ3v) is 4.23. The minimum atomic E-state index is -2.38. The van der Waals surface area contributed by atoms with Gasteiger partial charge in [0.1, 0.15) is 5.35 Å². The van der Waals surface area contributed by atoms with E-state index in [9.17, 15) is 40.5 Å². The van der Waals surface area contributed by atoms with Gasteiger partial charge in [-0.15, -0.1) is 14.7 Å². The number of hydrogen-bond donors (Lipinski definition) is 0. The Hall–Kier alpha value is -4.50. The van der Waals surface area contributed by atoms with Crippen LogP contribution in [0.3, 0.4) is 0 Å². The van der Waals surface area contributed by atoms with Crippen LogP contribution < -0.4 is 10.7 Å². The highest BCUT2D eigenvalue weighted by molar-refractivity contribution is 5.57. The number of aromatic nitrogens is 4. The van der Waals surface area contributed by atoms with Gasteiger partial charge < -0.3 is 0 Å². The lowest BCUT2D eigenvalue weighted by molar-refractivity contribution is -0.571. The predicted octanol–water partition coefficient (Wildman–Crippen LogP) is -1.80. The zero-order chi connectivity index (χ0) is 20.3. The largest absolute Gasteiger partial charge is 0.428 e. The summed E-state index contributed by atoms with van der Waals surface area (Å²) >= 11 is 0. The monoisotopic (exact) mass is 390 g/mol. The molecule has 0 aromatic rings. The molecule has 0 saturated carbocycles. The van der Waals surface area contributed by atoms with Gasteiger partial charge in [-0.3, -0.25) is 40.5 Å². The average molecular weight is 390 g/mol. The Bertz CT molecular complexity index is 1260. The molecule has 4 aliphatic rings. The standard InChI is InChI=1S/C12H6N8O8/c21-17(22)9-7-8(10(18(23)24)12(20(27)28)11(9)19(25)26)16-13-5-3-1-2-4-6(5)15(16)14-7/h1-2,4,9H,3H2. The van der Waals surface area contributed by atoms with E-state index in [2.05, 4.69) is 10.2 Å². The van der Waals surface area contributed by atoms with Crippen LogP contribution in [0.25, 0.3) is 11.8 Å². The fraction of sp³-hybridized carbons (Fsp3) is 0.167. The van der Waals surface area contributed by atoms with Gasteiger partial charge >= 0.3 is 23.1 Å². The molecule has 0 saturated heterocycles. The highest BCUT2D eigenvalue weighted by Crippen LogP contribution is 2.33. The molecule has 2 heterocycles. The van der Waals surface area contributed by atoms with E-state index in [0.29, 0.717) is 17.5 Å². The van der Waals surface area contributed by atoms with Gasteiger partial charge in [-0.25, -0.2) is 0 Å². The van der Waals surface area contributed by atoms with Crippen molar-refractivity contribution in [2.75, 3.05) is 0 Å². The highest BCUT2D eigenvalue weighted by atomic mass is 16.7. The van der Waals surface area contributed by atoms with E-state index in [1.807, 2.05) is 0 Å². The molecular formula is C12H6N8O8. The van der Waals surface area contributed by atoms with Crippen molar-refractivity contribution in [2.24, 2.45) is 0 Å². The van der Waals surface area contributed by atoms with Crippen molar-refractivity contribution >= 4 is 11.8 Å². The Morgan fingerprint density at radius 3 is 2.18 bits per heavy atom. The molecule has 0 radical (unpaired) electrons. The normalized spacial score (nSPS) is 17.9. The summed E-state index contributed by atoms with van der Waals surface area (Å²) in [6.07, 6.45) is 5.24. The lowest BCUT2D eigenvalue weighted by Crippen LogP contribution is -2.38. The Morgan fingerprint density at radius 2 is 1.61 bits per heavy atom. The molecule has 1 unspecified atom stereocenters. The van der Waals surface area contributed by atoms with Crippen LogP contribution in [-0.4, -0.2) is 39.5 Å². The summed E-state index contributed by atoms with van der Waals surface area (Å²) in [4.78, 5) is 42.6. The van der Waals surface area contributed by atoms with E-state index >= 15 is 0 Å². The summed E-state index contributed by atoms with van der Waals surface area (Å²) in [6.45, 7) is 0. The van der Waals surface area contributed by atoms with Gasteiger partial charge in [0.05, 0.1) is 20.5 Å². The Labute approximate surface area is 150 Å². The van der Waals surface area contributed by atoms with E-state index in [1.54, 1.807) is 12.2 Å². The number of allylic oxidation sites excluding steroid dienone is 2. The van der Waals surface area contributed by atoms with Gasteiger partial charge in [0.15, 0.2) is 5.69 Å². The summed E-state index contributed by atoms with van der Waals surface area (Å²) in [5, 5.41) is 53.6. The van der Waals surface area contributed by atoms with Crippen molar-refractivity contribution in [3.8, 4) is 0 Å². The SMILES string of the molecule is O=[N+]([O-])C1=C([N+](=O)[O-])C([N+](=O)[O-])c2nn3c4c(nn-3c2=C1[N+](=O)[O-])CC=CC=4. The molecule has 0 spiro atoms. The molecule has 0 bridgehead atoms. The maximum Gasteiger partial charge on any atom is 0.428 e. The molecule has 4 rings (SSSR count). The van der Waals surface area contributed by atoms with E-state index in [-0.39, 0.29) is 0 Å². The molecule has 142 valence electrons. The first-order chi connectivity index (χ1) is 13.2. The Balaban J connectivity index is 2.25. The fourth-order valence-electron chi connectivity index (χ4n) is 3.20. The van der Waals surface area contributed by atoms with Gasteiger partial charge in [0.25, 0.3) is 0 Å². The van der Waals surface area contributed by atoms with Crippen molar-refractivity contribution in [2.45, 2.75) is 12.5 Å². The van der Waals surface area contributed by atoms with Gasteiger partial charge in [-0.2, -0.15) is 5.10 Å². The summed E-state index contributed by atoms with van der Waals surface area (Å²) in [7, 11) is 0. The van der Waals surface area contributed by atoms with E-state index in [0.717, 1.165) is 9.58 Å². The van der Waals surface area contributed by atoms with Gasteiger partial charge in [-0.05, 0) is 6.08 Å². The van der Waals surface area contributed by atoms with Crippen LogP contribution in [0.4, 0.5) is 0 Å². The van der Waals surface area contributed by atoms with Crippen molar-refractivity contribution in [1.82, 2.24) is 19.8 Å². The first-order valence-corrected chi connectivity index (χ1v) is 7.43. The van der Waals surface area contributed by atoms with Crippen LogP contribution in [0.15, 0.2) is 23.5 Å². The second kappa shape index (κ2) is 5.50. The predicted molar refractivity (Wildman–Crippen MR) is 84.1 cm³/mol. The van der Waals surface area contributed by atoms with Crippen LogP contribution in [0.2, 0.25) is 0 Å². The minimum absolute atomic E-state index is 0.335. The van der Waals surface area contributed by atoms with E-state index in [4.69, 9.17) is 0 Å². The Kier molecular flexibility index (Phi) is 3.33. The van der Waals surface area contributed by atoms with Gasteiger partial charge in [0, 0.05) is 11.3 Å². The molecule has 2 aliphatic carbocycles. The quantitative estimate of drug-likeness (QED) is 0.422. The molecule has 0 N–H and O–H groups in total. The molecule has 0 amide bonds. The van der Waals surface area contributed by atoms with Crippen LogP contribution in [-0.2, 0) is 6.42 Å². The van der Waals surface area contributed by atoms with Crippen molar-refractivity contribution in [3.63, 3.8) is 0 Å². The first-order valence-electron chi connectivity index (χ1n) is 7.43. The third-order valence-electron chi connectivity index (χ3n) is 4.23. The van der Waals surface area contributed by atoms with Crippen molar-refractivity contribution < 1.29 is 19.7 Å². The molecule has 16 heteroatoms. The lowest BCUT2D eigenvalue weighted by Gasteiger charge is -2.08. The summed E-state index contributed by atoms with van der Waals surface area (Å²) in [5.41, 5.74) is -4.65. The minimum Gasteiger partial charge on any atom is -0.263 e. The van der Waals surface area contributed by atoms with Crippen molar-refractivity contribution in [3.05, 3.63) is 86.1 Å². The number of rotatable bonds is 4. The van der Waals surface area contributed by atoms with Crippen LogP contribution in [0, 0.1) is 40.5 Å². The number of nitrogens with zero attached hydrogens (tertiary/aromatic N) is 8. The van der Waals surface area contributed by atoms with Gasteiger partial charge in [-0.1, -0.05) is 12.2 Å². The lowest BCUT2D eigenvalue weighted by atomic mass is 10.0. The maximum absolute atomic E-state index is 11.6. The second-order valence-electron chi connectivity index (χ2n) is 5.69. The first kappa shape index (κ1) is 16.9. The molecule has 2 aliphatic heterocycles. The summed E-state index contributed by atoms with van der Waals surface area (Å²) < 4.78 is 0. The number of nitro groups is 4.